The van der Waals surface area contributed by atoms with Crippen LogP contribution in [0.15, 0.2) is 29.6 Å². The van der Waals surface area contributed by atoms with Crippen molar-refractivity contribution in [3.8, 4) is 0 Å². The molecule has 0 aliphatic carbocycles. The Morgan fingerprint density at radius 1 is 1.58 bits per heavy atom. The summed E-state index contributed by atoms with van der Waals surface area (Å²) in [6.07, 6.45) is 0.176. The van der Waals surface area contributed by atoms with Crippen molar-refractivity contribution in [2.45, 2.75) is 33.2 Å². The van der Waals surface area contributed by atoms with Crippen LogP contribution in [0.4, 0.5) is 0 Å². The van der Waals surface area contributed by atoms with E-state index in [-0.39, 0.29) is 17.8 Å². The molecule has 0 aromatic rings. The zero-order valence-corrected chi connectivity index (χ0v) is 8.10. The van der Waals surface area contributed by atoms with Crippen LogP contribution in [0.2, 0.25) is 0 Å². The molecule has 2 heteroatoms. The van der Waals surface area contributed by atoms with Gasteiger partial charge in [0.25, 0.3) is 0 Å². The van der Waals surface area contributed by atoms with Gasteiger partial charge in [-0.1, -0.05) is 6.58 Å². The van der Waals surface area contributed by atoms with E-state index in [4.69, 9.17) is 2.74 Å². The molecule has 1 rings (SSSR count). The summed E-state index contributed by atoms with van der Waals surface area (Å²) in [5, 5.41) is 0. The zero-order chi connectivity index (χ0) is 11.1. The van der Waals surface area contributed by atoms with E-state index < -0.39 is 0 Å². The van der Waals surface area contributed by atoms with Crippen LogP contribution >= 0.6 is 0 Å². The van der Waals surface area contributed by atoms with Crippen molar-refractivity contribution in [3.05, 3.63) is 24.6 Å². The van der Waals surface area contributed by atoms with Crippen molar-refractivity contribution >= 4 is 5.71 Å². The third-order valence-electron chi connectivity index (χ3n) is 1.57. The number of nitrogens with zero attached hydrogens (tertiary/aromatic N) is 2. The second-order valence-corrected chi connectivity index (χ2v) is 3.86. The topological polar surface area (TPSA) is 15.6 Å². The van der Waals surface area contributed by atoms with Crippen LogP contribution in [-0.2, 0) is 0 Å². The van der Waals surface area contributed by atoms with Crippen molar-refractivity contribution < 1.29 is 2.74 Å². The lowest BCUT2D eigenvalue weighted by Gasteiger charge is -2.35. The summed E-state index contributed by atoms with van der Waals surface area (Å²) in [6.45, 7) is 11.4. The van der Waals surface area contributed by atoms with Gasteiger partial charge in [-0.25, -0.2) is 4.99 Å². The normalized spacial score (nSPS) is 22.2. The minimum Gasteiger partial charge on any atom is -0.328 e. The lowest BCUT2D eigenvalue weighted by atomic mass is 10.1. The predicted octanol–water partition coefficient (Wildman–Crippen LogP) is 2.55. The van der Waals surface area contributed by atoms with E-state index in [2.05, 4.69) is 11.6 Å². The van der Waals surface area contributed by atoms with Gasteiger partial charge in [0.05, 0.1) is 2.74 Å². The third kappa shape index (κ3) is 1.76. The Hall–Kier alpha value is -1.05. The number of allylic oxidation sites excluding steroid dienone is 1. The molecule has 0 fully saturated rings. The average molecular weight is 166 g/mol. The Labute approximate surface area is 77.1 Å². The highest BCUT2D eigenvalue weighted by Crippen LogP contribution is 2.22. The fraction of sp³-hybridized carbons (Fsp3) is 0.500. The Bertz CT molecular complexity index is 335. The number of aliphatic imine (C=N–C) groups is 1. The first-order valence-electron chi connectivity index (χ1n) is 4.97. The fourth-order valence-corrected chi connectivity index (χ4v) is 1.03. The van der Waals surface area contributed by atoms with Crippen LogP contribution < -0.4 is 0 Å². The second-order valence-electron chi connectivity index (χ2n) is 3.86. The molecule has 12 heavy (non-hydrogen) atoms. The lowest BCUT2D eigenvalue weighted by Crippen LogP contribution is -2.37. The lowest BCUT2D eigenvalue weighted by molar-refractivity contribution is 0.256. The van der Waals surface area contributed by atoms with Crippen molar-refractivity contribution in [1.29, 1.82) is 0 Å². The summed E-state index contributed by atoms with van der Waals surface area (Å²) < 4.78 is 15.5. The van der Waals surface area contributed by atoms with Gasteiger partial charge < -0.3 is 4.90 Å². The molecule has 2 nitrogen and oxygen atoms in total. The van der Waals surface area contributed by atoms with Crippen LogP contribution in [0, 0.1) is 0 Å². The summed E-state index contributed by atoms with van der Waals surface area (Å²) >= 11 is 0. The molecule has 0 amide bonds. The predicted molar refractivity (Wildman–Crippen MR) is 53.0 cm³/mol. The molecule has 0 unspecified atom stereocenters. The smallest absolute Gasteiger partial charge is 0.125 e. The Morgan fingerprint density at radius 3 is 2.67 bits per heavy atom. The van der Waals surface area contributed by atoms with E-state index in [0.717, 1.165) is 0 Å². The second kappa shape index (κ2) is 2.77. The molecule has 0 saturated carbocycles. The standard InChI is InChI=1S/C10H16N2/c1-8-6-7-12(9(2)11-8)10(3,4)5/h6-7H,2H2,1,3-5H3/i6D,7D. The van der Waals surface area contributed by atoms with Crippen LogP contribution in [0.25, 0.3) is 0 Å². The first-order valence-corrected chi connectivity index (χ1v) is 3.97. The van der Waals surface area contributed by atoms with Gasteiger partial charge in [-0.05, 0) is 33.7 Å². The maximum absolute atomic E-state index is 7.83. The van der Waals surface area contributed by atoms with Crippen molar-refractivity contribution in [3.63, 3.8) is 0 Å². The largest absolute Gasteiger partial charge is 0.328 e. The molecule has 0 radical (unpaired) electrons. The van der Waals surface area contributed by atoms with Gasteiger partial charge in [-0.2, -0.15) is 0 Å². The zero-order valence-electron chi connectivity index (χ0n) is 10.1. The summed E-state index contributed by atoms with van der Waals surface area (Å²) in [6, 6.07) is 0.173. The van der Waals surface area contributed by atoms with Gasteiger partial charge in [0, 0.05) is 17.4 Å². The quantitative estimate of drug-likeness (QED) is 0.540. The molecule has 1 aliphatic heterocycles. The van der Waals surface area contributed by atoms with Crippen LogP contribution in [-0.4, -0.2) is 16.2 Å². The number of rotatable bonds is 0. The highest BCUT2D eigenvalue weighted by molar-refractivity contribution is 5.94. The van der Waals surface area contributed by atoms with Gasteiger partial charge in [0.1, 0.15) is 5.82 Å². The van der Waals surface area contributed by atoms with Crippen molar-refractivity contribution in [2.24, 2.45) is 4.99 Å². The van der Waals surface area contributed by atoms with Crippen molar-refractivity contribution in [2.75, 3.05) is 0 Å². The van der Waals surface area contributed by atoms with Crippen LogP contribution in [0.1, 0.15) is 30.4 Å². The molecule has 0 spiro atoms. The SMILES string of the molecule is [2H]C1=C([2H])N(C(C)(C)C)C(=C)N=C1C. The Kier molecular flexibility index (Phi) is 1.49. The molecule has 0 saturated heterocycles. The van der Waals surface area contributed by atoms with Gasteiger partial charge in [-0.3, -0.25) is 0 Å². The van der Waals surface area contributed by atoms with Gasteiger partial charge in [-0.15, -0.1) is 0 Å². The minimum atomic E-state index is -0.259. The molecular weight excluding hydrogens is 148 g/mol. The maximum Gasteiger partial charge on any atom is 0.125 e. The molecule has 0 N–H and O–H groups in total. The van der Waals surface area contributed by atoms with Gasteiger partial charge in [0.2, 0.25) is 0 Å². The molecular formula is C10H16N2. The monoisotopic (exact) mass is 166 g/mol. The average Bonchev–Trinajstić information content (AvgIpc) is 1.97. The molecule has 1 heterocycles. The van der Waals surface area contributed by atoms with E-state index in [0.29, 0.717) is 11.5 Å². The molecule has 1 aliphatic rings. The maximum atomic E-state index is 7.83. The molecule has 0 aromatic carbocycles. The highest BCUT2D eigenvalue weighted by atomic mass is 15.3. The van der Waals surface area contributed by atoms with E-state index in [1.54, 1.807) is 11.8 Å². The minimum absolute atomic E-state index is 0.173. The van der Waals surface area contributed by atoms with Gasteiger partial charge >= 0.3 is 0 Å². The molecule has 66 valence electrons. The summed E-state index contributed by atoms with van der Waals surface area (Å²) in [4.78, 5) is 5.81. The Balaban J connectivity index is 3.20. The number of hydrogen-bond acceptors (Lipinski definition) is 2. The summed E-state index contributed by atoms with van der Waals surface area (Å²) in [5.41, 5.74) is 0.297. The summed E-state index contributed by atoms with van der Waals surface area (Å²) in [5.74, 6) is 0.538. The van der Waals surface area contributed by atoms with E-state index >= 15 is 0 Å². The fourth-order valence-electron chi connectivity index (χ4n) is 1.03. The summed E-state index contributed by atoms with van der Waals surface area (Å²) in [7, 11) is 0. The van der Waals surface area contributed by atoms with Crippen LogP contribution in [0.5, 0.6) is 0 Å². The number of hydrogen-bond donors (Lipinski definition) is 0. The molecule has 0 aromatic heterocycles. The van der Waals surface area contributed by atoms with Crippen LogP contribution in [0.3, 0.4) is 0 Å². The van der Waals surface area contributed by atoms with E-state index in [9.17, 15) is 0 Å². The third-order valence-corrected chi connectivity index (χ3v) is 1.57. The van der Waals surface area contributed by atoms with E-state index in [1.807, 2.05) is 20.8 Å². The van der Waals surface area contributed by atoms with E-state index in [1.165, 1.54) is 0 Å². The first-order chi connectivity index (χ1) is 6.25. The first kappa shape index (κ1) is 6.46. The molecule has 0 bridgehead atoms. The Morgan fingerprint density at radius 2 is 2.17 bits per heavy atom. The van der Waals surface area contributed by atoms with Gasteiger partial charge in [0.15, 0.2) is 0 Å². The van der Waals surface area contributed by atoms with Crippen molar-refractivity contribution in [1.82, 2.24) is 4.90 Å². The highest BCUT2D eigenvalue weighted by Gasteiger charge is 2.21. The molecule has 0 atom stereocenters.